The van der Waals surface area contributed by atoms with E-state index >= 15 is 0 Å². The van der Waals surface area contributed by atoms with E-state index in [1.165, 1.54) is 0 Å². The van der Waals surface area contributed by atoms with Gasteiger partial charge in [-0.05, 0) is 31.4 Å². The first-order chi connectivity index (χ1) is 12.6. The molecular weight excluding hydrogens is 384 g/mol. The lowest BCUT2D eigenvalue weighted by molar-refractivity contribution is -0.125. The summed E-state index contributed by atoms with van der Waals surface area (Å²) in [7, 11) is -4.34. The van der Waals surface area contributed by atoms with E-state index in [9.17, 15) is 31.9 Å². The fourth-order valence-electron chi connectivity index (χ4n) is 3.08. The van der Waals surface area contributed by atoms with Crippen LogP contribution < -0.4 is 5.32 Å². The molecule has 27 heavy (non-hydrogen) atoms. The van der Waals surface area contributed by atoms with E-state index in [1.807, 2.05) is 6.07 Å². The fourth-order valence-corrected chi connectivity index (χ4v) is 4.82. The van der Waals surface area contributed by atoms with Crippen LogP contribution in [0, 0.1) is 23.0 Å². The molecule has 11 heteroatoms. The minimum absolute atomic E-state index is 0.390. The van der Waals surface area contributed by atoms with E-state index in [1.54, 1.807) is 0 Å². The van der Waals surface area contributed by atoms with Crippen LogP contribution in [-0.4, -0.2) is 53.8 Å². The number of carbonyl (C=O) groups is 2. The molecule has 2 N–H and O–H groups in total. The van der Waals surface area contributed by atoms with Gasteiger partial charge >= 0.3 is 6.09 Å². The van der Waals surface area contributed by atoms with Crippen LogP contribution in [0.4, 0.5) is 13.6 Å². The van der Waals surface area contributed by atoms with E-state index in [0.717, 1.165) is 12.1 Å². The Hall–Kier alpha value is -2.74. The average molecular weight is 399 g/mol. The fraction of sp³-hybridized carbons (Fsp3) is 0.438. The molecule has 1 aliphatic carbocycles. The van der Waals surface area contributed by atoms with Gasteiger partial charge in [-0.1, -0.05) is 0 Å². The van der Waals surface area contributed by atoms with Crippen molar-refractivity contribution >= 4 is 21.8 Å². The van der Waals surface area contributed by atoms with Crippen LogP contribution in [0.2, 0.25) is 0 Å². The number of halogens is 2. The van der Waals surface area contributed by atoms with Gasteiger partial charge in [-0.3, -0.25) is 9.69 Å². The molecule has 0 unspecified atom stereocenters. The number of nitrogens with one attached hydrogen (secondary N) is 1. The molecular formula is C16H15F2N3O5S. The zero-order valence-corrected chi connectivity index (χ0v) is 14.7. The smallest absolute Gasteiger partial charge is 0.408 e. The van der Waals surface area contributed by atoms with Gasteiger partial charge in [0, 0.05) is 12.6 Å². The summed E-state index contributed by atoms with van der Waals surface area (Å²) < 4.78 is 52.3. The zero-order chi connectivity index (χ0) is 20.0. The maximum Gasteiger partial charge on any atom is 0.408 e. The predicted molar refractivity (Wildman–Crippen MR) is 86.2 cm³/mol. The topological polar surface area (TPSA) is 128 Å². The number of nitrogens with zero attached hydrogens (tertiary/aromatic N) is 2. The molecule has 0 bridgehead atoms. The third-order valence-electron chi connectivity index (χ3n) is 4.78. The monoisotopic (exact) mass is 399 g/mol. The van der Waals surface area contributed by atoms with Crippen molar-refractivity contribution < 1.29 is 31.9 Å². The van der Waals surface area contributed by atoms with Crippen molar-refractivity contribution in [3.63, 3.8) is 0 Å². The molecule has 0 spiro atoms. The SMILES string of the molecule is N#CC1(NC(=O)[C@@H]2C[C@@H](S(=O)(=O)c3ccc(F)cc3F)CN2C(=O)O)CC1. The van der Waals surface area contributed by atoms with Crippen LogP contribution in [0.3, 0.4) is 0 Å². The van der Waals surface area contributed by atoms with E-state index in [4.69, 9.17) is 5.26 Å². The zero-order valence-electron chi connectivity index (χ0n) is 13.9. The van der Waals surface area contributed by atoms with Crippen molar-refractivity contribution in [2.45, 2.75) is 41.0 Å². The molecule has 1 aromatic rings. The predicted octanol–water partition coefficient (Wildman–Crippen LogP) is 1.03. The van der Waals surface area contributed by atoms with Crippen molar-refractivity contribution in [1.82, 2.24) is 10.2 Å². The first-order valence-corrected chi connectivity index (χ1v) is 9.56. The third-order valence-corrected chi connectivity index (χ3v) is 6.94. The molecule has 1 saturated heterocycles. The Labute approximate surface area is 153 Å². The summed E-state index contributed by atoms with van der Waals surface area (Å²) in [5.41, 5.74) is -1.04. The second-order valence-electron chi connectivity index (χ2n) is 6.61. The normalized spacial score (nSPS) is 23.5. The molecule has 1 aliphatic heterocycles. The summed E-state index contributed by atoms with van der Waals surface area (Å²) in [4.78, 5) is 23.8. The third kappa shape index (κ3) is 3.44. The first kappa shape index (κ1) is 19.0. The second kappa shape index (κ2) is 6.45. The highest BCUT2D eigenvalue weighted by molar-refractivity contribution is 7.92. The summed E-state index contributed by atoms with van der Waals surface area (Å²) in [6.45, 7) is -0.536. The number of hydrogen-bond acceptors (Lipinski definition) is 5. The summed E-state index contributed by atoms with van der Waals surface area (Å²) in [6.07, 6.45) is -1.04. The van der Waals surface area contributed by atoms with Gasteiger partial charge in [-0.25, -0.2) is 22.0 Å². The lowest BCUT2D eigenvalue weighted by Gasteiger charge is -2.21. The van der Waals surface area contributed by atoms with Crippen molar-refractivity contribution in [3.05, 3.63) is 29.8 Å². The molecule has 1 aromatic carbocycles. The van der Waals surface area contributed by atoms with Gasteiger partial charge in [0.25, 0.3) is 0 Å². The van der Waals surface area contributed by atoms with Gasteiger partial charge in [0.15, 0.2) is 9.84 Å². The largest absolute Gasteiger partial charge is 0.465 e. The van der Waals surface area contributed by atoms with Gasteiger partial charge in [0.1, 0.15) is 28.1 Å². The van der Waals surface area contributed by atoms with E-state index in [2.05, 4.69) is 5.32 Å². The van der Waals surface area contributed by atoms with Crippen molar-refractivity contribution in [1.29, 1.82) is 5.26 Å². The highest BCUT2D eigenvalue weighted by Crippen LogP contribution is 2.36. The van der Waals surface area contributed by atoms with E-state index < -0.39 is 68.2 Å². The molecule has 0 radical (unpaired) electrons. The quantitative estimate of drug-likeness (QED) is 0.728. The Bertz CT molecular complexity index is 955. The summed E-state index contributed by atoms with van der Waals surface area (Å²) in [5, 5.41) is 19.4. The minimum atomic E-state index is -4.34. The standard InChI is InChI=1S/C16H15F2N3O5S/c17-9-1-2-13(11(18)5-9)27(25,26)10-6-12(21(7-10)15(23)24)14(22)20-16(8-19)3-4-16/h1-2,5,10,12H,3-4,6-7H2,(H,20,22)(H,23,24)/t10-,12+/m1/s1. The Morgan fingerprint density at radius 3 is 2.52 bits per heavy atom. The average Bonchev–Trinajstić information content (AvgIpc) is 3.19. The van der Waals surface area contributed by atoms with Gasteiger partial charge < -0.3 is 10.4 Å². The molecule has 2 aliphatic rings. The highest BCUT2D eigenvalue weighted by atomic mass is 32.2. The number of rotatable bonds is 4. The lowest BCUT2D eigenvalue weighted by atomic mass is 10.2. The van der Waals surface area contributed by atoms with Gasteiger partial charge in [-0.2, -0.15) is 5.26 Å². The van der Waals surface area contributed by atoms with Crippen LogP contribution in [0.25, 0.3) is 0 Å². The number of likely N-dealkylation sites (tertiary alicyclic amines) is 1. The number of benzene rings is 1. The number of amides is 2. The number of sulfone groups is 1. The Morgan fingerprint density at radius 1 is 1.33 bits per heavy atom. The Morgan fingerprint density at radius 2 is 2.00 bits per heavy atom. The second-order valence-corrected chi connectivity index (χ2v) is 8.81. The molecule has 1 heterocycles. The van der Waals surface area contributed by atoms with E-state index in [0.29, 0.717) is 23.8 Å². The van der Waals surface area contributed by atoms with Gasteiger partial charge in [-0.15, -0.1) is 0 Å². The number of nitriles is 1. The molecule has 2 amide bonds. The van der Waals surface area contributed by atoms with Crippen LogP contribution in [0.1, 0.15) is 19.3 Å². The van der Waals surface area contributed by atoms with Crippen LogP contribution in [-0.2, 0) is 14.6 Å². The minimum Gasteiger partial charge on any atom is -0.465 e. The lowest BCUT2D eigenvalue weighted by Crippen LogP contribution is -2.49. The summed E-state index contributed by atoms with van der Waals surface area (Å²) in [6, 6.07) is 2.59. The van der Waals surface area contributed by atoms with E-state index in [-0.39, 0.29) is 0 Å². The highest BCUT2D eigenvalue weighted by Gasteiger charge is 2.50. The molecule has 1 saturated carbocycles. The molecule has 3 rings (SSSR count). The first-order valence-electron chi connectivity index (χ1n) is 8.01. The number of hydrogen-bond donors (Lipinski definition) is 2. The Balaban J connectivity index is 1.86. The maximum absolute atomic E-state index is 13.9. The Kier molecular flexibility index (Phi) is 4.55. The van der Waals surface area contributed by atoms with Crippen molar-refractivity contribution in [2.75, 3.05) is 6.54 Å². The summed E-state index contributed by atoms with van der Waals surface area (Å²) in [5.74, 6) is -3.01. The molecule has 144 valence electrons. The van der Waals surface area contributed by atoms with Gasteiger partial charge in [0.05, 0.1) is 11.3 Å². The van der Waals surface area contributed by atoms with Crippen molar-refractivity contribution in [3.8, 4) is 6.07 Å². The van der Waals surface area contributed by atoms with Crippen LogP contribution >= 0.6 is 0 Å². The number of carbonyl (C=O) groups excluding carboxylic acids is 1. The molecule has 2 atom stereocenters. The van der Waals surface area contributed by atoms with Crippen LogP contribution in [0.15, 0.2) is 23.1 Å². The molecule has 2 fully saturated rings. The maximum atomic E-state index is 13.9. The molecule has 8 nitrogen and oxygen atoms in total. The summed E-state index contributed by atoms with van der Waals surface area (Å²) >= 11 is 0. The van der Waals surface area contributed by atoms with Gasteiger partial charge in [0.2, 0.25) is 5.91 Å². The van der Waals surface area contributed by atoms with Crippen molar-refractivity contribution in [2.24, 2.45) is 0 Å². The molecule has 0 aromatic heterocycles. The van der Waals surface area contributed by atoms with Crippen LogP contribution in [0.5, 0.6) is 0 Å². The number of carboxylic acid groups (broad SMARTS) is 1.